The van der Waals surface area contributed by atoms with Crippen molar-refractivity contribution in [1.82, 2.24) is 4.98 Å². The molecule has 8 heteroatoms. The van der Waals surface area contributed by atoms with Gasteiger partial charge < -0.3 is 10.7 Å². The number of H-pyrrole nitrogens is 1. The summed E-state index contributed by atoms with van der Waals surface area (Å²) < 4.78 is 1.86. The van der Waals surface area contributed by atoms with Crippen LogP contribution in [0.4, 0.5) is 17.1 Å². The number of halogens is 1. The summed E-state index contributed by atoms with van der Waals surface area (Å²) in [7, 11) is 0. The molecule has 128 valence electrons. The van der Waals surface area contributed by atoms with Crippen molar-refractivity contribution in [1.29, 1.82) is 0 Å². The molecule has 4 nitrogen and oxygen atoms in total. The third-order valence-corrected chi connectivity index (χ3v) is 4.20. The van der Waals surface area contributed by atoms with Gasteiger partial charge in [-0.1, -0.05) is 55.5 Å². The summed E-state index contributed by atoms with van der Waals surface area (Å²) in [6, 6.07) is 10.3. The number of hydrogen-bond acceptors (Lipinski definition) is 4. The fourth-order valence-electron chi connectivity index (χ4n) is 1.61. The lowest BCUT2D eigenvalue weighted by Crippen LogP contribution is -1.83. The van der Waals surface area contributed by atoms with Gasteiger partial charge in [0.2, 0.25) is 0 Å². The van der Waals surface area contributed by atoms with E-state index in [0.717, 1.165) is 14.2 Å². The minimum atomic E-state index is 0. The van der Waals surface area contributed by atoms with Gasteiger partial charge in [-0.05, 0) is 30.2 Å². The van der Waals surface area contributed by atoms with Crippen LogP contribution < -0.4 is 5.73 Å². The first-order valence-electron chi connectivity index (χ1n) is 6.25. The molecule has 1 aromatic heterocycles. The normalized spacial score (nSPS) is 8.44. The Morgan fingerprint density at radius 2 is 1.64 bits per heavy atom. The van der Waals surface area contributed by atoms with E-state index in [1.165, 1.54) is 11.3 Å². The molecule has 3 aromatic rings. The number of nitrogens with zero attached hydrogens (tertiary/aromatic N) is 2. The Kier molecular flexibility index (Phi) is 10.3. The van der Waals surface area contributed by atoms with Gasteiger partial charge in [0.25, 0.3) is 0 Å². The molecule has 0 fully saturated rings. The molecule has 0 radical (unpaired) electrons. The SMILES string of the molecule is C.C=S.[C-]#[N+]c1ccc(Cl)c(N)c1.[C-]#[N+]c1ccc2sc(=S)[nH]c2c1. The monoisotopic (exact) mass is 406 g/mol. The molecule has 0 aliphatic rings. The van der Waals surface area contributed by atoms with E-state index in [2.05, 4.69) is 32.8 Å². The number of hydrogen-bond donors (Lipinski definition) is 2. The number of fused-ring (bicyclic) bond motifs is 1. The molecule has 0 saturated heterocycles. The molecule has 0 spiro atoms. The van der Waals surface area contributed by atoms with Crippen molar-refractivity contribution in [3.8, 4) is 0 Å². The molecule has 0 unspecified atom stereocenters. The predicted molar refractivity (Wildman–Crippen MR) is 117 cm³/mol. The Bertz CT molecular complexity index is 980. The van der Waals surface area contributed by atoms with Gasteiger partial charge in [0.05, 0.1) is 22.9 Å². The van der Waals surface area contributed by atoms with Crippen LogP contribution in [0.1, 0.15) is 7.43 Å². The largest absolute Gasteiger partial charge is 0.399 e. The zero-order chi connectivity index (χ0) is 18.1. The second kappa shape index (κ2) is 11.3. The number of nitrogen functional groups attached to an aromatic ring is 1. The summed E-state index contributed by atoms with van der Waals surface area (Å²) in [4.78, 5) is 9.54. The zero-order valence-electron chi connectivity index (χ0n) is 12.2. The smallest absolute Gasteiger partial charge is 0.189 e. The number of thiocarbonyl (C=S) groups is 1. The first-order chi connectivity index (χ1) is 11.5. The molecule has 3 N–H and O–H groups in total. The number of nitrogens with one attached hydrogen (secondary N) is 1. The van der Waals surface area contributed by atoms with Gasteiger partial charge in [-0.2, -0.15) is 0 Å². The van der Waals surface area contributed by atoms with E-state index in [1.54, 1.807) is 24.3 Å². The third-order valence-electron chi connectivity index (χ3n) is 2.64. The summed E-state index contributed by atoms with van der Waals surface area (Å²) in [5, 5.41) is 0.493. The first kappa shape index (κ1) is 22.7. The summed E-state index contributed by atoms with van der Waals surface area (Å²) in [5.41, 5.74) is 7.99. The van der Waals surface area contributed by atoms with E-state index in [9.17, 15) is 0 Å². The van der Waals surface area contributed by atoms with Crippen molar-refractivity contribution in [2.24, 2.45) is 0 Å². The lowest BCUT2D eigenvalue weighted by atomic mass is 10.3. The molecule has 1 heterocycles. The molecule has 0 bridgehead atoms. The third kappa shape index (κ3) is 6.61. The topological polar surface area (TPSA) is 50.5 Å². The van der Waals surface area contributed by atoms with Crippen LogP contribution in [-0.2, 0) is 0 Å². The maximum Gasteiger partial charge on any atom is 0.189 e. The Morgan fingerprint density at radius 1 is 1.08 bits per heavy atom. The van der Waals surface area contributed by atoms with E-state index in [1.807, 2.05) is 12.1 Å². The van der Waals surface area contributed by atoms with Crippen LogP contribution in [0.2, 0.25) is 5.02 Å². The van der Waals surface area contributed by atoms with Gasteiger partial charge in [-0.3, -0.25) is 0 Å². The summed E-state index contributed by atoms with van der Waals surface area (Å²) in [6.45, 7) is 13.5. The average molecular weight is 407 g/mol. The van der Waals surface area contributed by atoms with Crippen molar-refractivity contribution in [2.45, 2.75) is 7.43 Å². The number of thiazole rings is 1. The minimum absolute atomic E-state index is 0. The standard InChI is InChI=1S/C8H4N2S2.C7H5ClN2.CH2S.CH4/c1-9-5-2-3-7-6(4-5)10-8(11)12-7;1-10-5-2-3-6(8)7(9)4-5;1-2;/h2-4H,(H,10,11);2-4H,9H2;1H2;1H4. The lowest BCUT2D eigenvalue weighted by Gasteiger charge is -1.95. The fourth-order valence-corrected chi connectivity index (χ4v) is 2.82. The second-order valence-corrected chi connectivity index (χ2v) is 6.25. The molecule has 25 heavy (non-hydrogen) atoms. The number of aromatic amines is 1. The summed E-state index contributed by atoms with van der Waals surface area (Å²) >= 11 is 15.9. The Hall–Kier alpha value is -2.29. The van der Waals surface area contributed by atoms with Crippen LogP contribution in [0.15, 0.2) is 36.4 Å². The minimum Gasteiger partial charge on any atom is -0.399 e. The van der Waals surface area contributed by atoms with Gasteiger partial charge in [-0.25, -0.2) is 9.69 Å². The first-order valence-corrected chi connectivity index (χ1v) is 8.43. The van der Waals surface area contributed by atoms with Crippen LogP contribution in [0.25, 0.3) is 19.9 Å². The molecule has 0 aliphatic carbocycles. The van der Waals surface area contributed by atoms with Crippen molar-refractivity contribution < 1.29 is 0 Å². The van der Waals surface area contributed by atoms with Gasteiger partial charge in [0.15, 0.2) is 15.3 Å². The molecular weight excluding hydrogens is 392 g/mol. The molecule has 0 aliphatic heterocycles. The molecule has 0 amide bonds. The highest BCUT2D eigenvalue weighted by atomic mass is 35.5. The maximum atomic E-state index is 6.81. The Balaban J connectivity index is 0.000000410. The Morgan fingerprint density at radius 3 is 2.20 bits per heavy atom. The van der Waals surface area contributed by atoms with Gasteiger partial charge in [0, 0.05) is 11.2 Å². The van der Waals surface area contributed by atoms with Crippen molar-refractivity contribution in [3.05, 3.63) is 68.2 Å². The van der Waals surface area contributed by atoms with Crippen LogP contribution in [0.3, 0.4) is 0 Å². The van der Waals surface area contributed by atoms with Crippen LogP contribution in [0.5, 0.6) is 0 Å². The molecule has 0 atom stereocenters. The molecule has 2 aromatic carbocycles. The van der Waals surface area contributed by atoms with Gasteiger partial charge >= 0.3 is 0 Å². The maximum absolute atomic E-state index is 6.81. The zero-order valence-corrected chi connectivity index (χ0v) is 15.5. The molecular formula is C17H15ClN4S3. The quantitative estimate of drug-likeness (QED) is 0.235. The Labute approximate surface area is 166 Å². The van der Waals surface area contributed by atoms with E-state index in [-0.39, 0.29) is 7.43 Å². The summed E-state index contributed by atoms with van der Waals surface area (Å²) in [5.74, 6) is 2.83. The van der Waals surface area contributed by atoms with Crippen molar-refractivity contribution in [3.63, 3.8) is 0 Å². The van der Waals surface area contributed by atoms with Crippen molar-refractivity contribution in [2.75, 3.05) is 5.73 Å². The van der Waals surface area contributed by atoms with Gasteiger partial charge in [0.1, 0.15) is 0 Å². The molecule has 0 saturated carbocycles. The van der Waals surface area contributed by atoms with E-state index < -0.39 is 0 Å². The van der Waals surface area contributed by atoms with Crippen molar-refractivity contribution >= 4 is 80.5 Å². The predicted octanol–water partition coefficient (Wildman–Crippen LogP) is 7.23. The molecule has 3 rings (SSSR count). The van der Waals surface area contributed by atoms with Crippen LogP contribution in [0, 0.1) is 17.1 Å². The van der Waals surface area contributed by atoms with E-state index in [4.69, 9.17) is 42.7 Å². The summed E-state index contributed by atoms with van der Waals surface area (Å²) in [6.07, 6.45) is 0. The number of anilines is 1. The van der Waals surface area contributed by atoms with Gasteiger partial charge in [-0.15, -0.1) is 11.3 Å². The van der Waals surface area contributed by atoms with E-state index >= 15 is 0 Å². The number of nitrogens with two attached hydrogens (primary N) is 1. The fraction of sp³-hybridized carbons (Fsp3) is 0.0588. The van der Waals surface area contributed by atoms with E-state index in [0.29, 0.717) is 22.1 Å². The highest BCUT2D eigenvalue weighted by molar-refractivity contribution is 7.77. The number of benzene rings is 2. The highest BCUT2D eigenvalue weighted by Crippen LogP contribution is 2.24. The highest BCUT2D eigenvalue weighted by Gasteiger charge is 1.97. The average Bonchev–Trinajstić information content (AvgIpc) is 2.98. The second-order valence-electron chi connectivity index (χ2n) is 4.12. The lowest BCUT2D eigenvalue weighted by molar-refractivity contribution is 1.47. The van der Waals surface area contributed by atoms with Crippen LogP contribution in [-0.4, -0.2) is 10.9 Å². The number of aromatic nitrogens is 1. The van der Waals surface area contributed by atoms with Crippen LogP contribution >= 0.6 is 47.4 Å². The number of rotatable bonds is 0.